The Morgan fingerprint density at radius 2 is 1.77 bits per heavy atom. The number of nitrogens with zero attached hydrogens (tertiary/aromatic N) is 7. The summed E-state index contributed by atoms with van der Waals surface area (Å²) in [6.45, 7) is 0.655. The van der Waals surface area contributed by atoms with Gasteiger partial charge >= 0.3 is 0 Å². The molecule has 0 spiro atoms. The quantitative estimate of drug-likeness (QED) is 0.358. The predicted octanol–water partition coefficient (Wildman–Crippen LogP) is -0.0727. The van der Waals surface area contributed by atoms with Crippen molar-refractivity contribution in [1.29, 1.82) is 0 Å². The van der Waals surface area contributed by atoms with Gasteiger partial charge in [-0.1, -0.05) is 0 Å². The number of nitrogens with one attached hydrogen (secondary N) is 1. The Kier molecular flexibility index (Phi) is 5.84. The predicted molar refractivity (Wildman–Crippen MR) is 103 cm³/mol. The van der Waals surface area contributed by atoms with E-state index in [9.17, 15) is 33.4 Å². The first-order valence-electron chi connectivity index (χ1n) is 8.46. The van der Waals surface area contributed by atoms with Crippen LogP contribution < -0.4 is 10.3 Å². The largest absolute Gasteiger partial charge is 0.280 e. The van der Waals surface area contributed by atoms with E-state index in [1.54, 1.807) is 0 Å². The Morgan fingerprint density at radius 1 is 1.13 bits per heavy atom. The summed E-state index contributed by atoms with van der Waals surface area (Å²) in [7, 11) is -4.35. The van der Waals surface area contributed by atoms with E-state index in [0.717, 1.165) is 23.7 Å². The van der Waals surface area contributed by atoms with E-state index in [1.807, 2.05) is 0 Å². The third kappa shape index (κ3) is 4.59. The van der Waals surface area contributed by atoms with Crippen LogP contribution in [0.4, 0.5) is 11.4 Å². The minimum Gasteiger partial charge on any atom is -0.268 e. The minimum absolute atomic E-state index is 0.184. The Hall–Kier alpha value is -4.05. The number of rotatable bonds is 8. The first-order valence-corrected chi connectivity index (χ1v) is 9.95. The zero-order valence-corrected chi connectivity index (χ0v) is 16.6. The third-order valence-corrected chi connectivity index (χ3v) is 5.59. The van der Waals surface area contributed by atoms with E-state index in [0.29, 0.717) is 0 Å². The second kappa shape index (κ2) is 8.36. The molecule has 0 fully saturated rings. The molecule has 0 aliphatic rings. The van der Waals surface area contributed by atoms with Crippen molar-refractivity contribution in [1.82, 2.24) is 29.3 Å². The summed E-state index contributed by atoms with van der Waals surface area (Å²) in [5.41, 5.74) is -2.18. The topological polar surface area (TPSA) is 198 Å². The highest BCUT2D eigenvalue weighted by molar-refractivity contribution is 7.89. The molecule has 16 heteroatoms. The lowest BCUT2D eigenvalue weighted by atomic mass is 10.1. The van der Waals surface area contributed by atoms with Crippen LogP contribution in [0, 0.1) is 27.2 Å². The van der Waals surface area contributed by atoms with Gasteiger partial charge in [0.15, 0.2) is 5.82 Å². The van der Waals surface area contributed by atoms with Crippen molar-refractivity contribution in [2.24, 2.45) is 0 Å². The monoisotopic (exact) mass is 450 g/mol. The number of nitro benzene ring substituents is 2. The summed E-state index contributed by atoms with van der Waals surface area (Å²) < 4.78 is 29.5. The van der Waals surface area contributed by atoms with Gasteiger partial charge in [0.1, 0.15) is 18.2 Å². The molecule has 3 aromatic rings. The highest BCUT2D eigenvalue weighted by Crippen LogP contribution is 2.31. The smallest absolute Gasteiger partial charge is 0.268 e. The Morgan fingerprint density at radius 3 is 2.32 bits per heavy atom. The summed E-state index contributed by atoms with van der Waals surface area (Å²) in [6, 6.07) is 4.09. The first kappa shape index (κ1) is 21.7. The Balaban J connectivity index is 1.83. The van der Waals surface area contributed by atoms with Crippen LogP contribution in [-0.4, -0.2) is 49.4 Å². The Bertz CT molecular complexity index is 1280. The summed E-state index contributed by atoms with van der Waals surface area (Å²) in [5.74, 6) is 0.268. The second-order valence-corrected chi connectivity index (χ2v) is 7.86. The molecule has 0 unspecified atom stereocenters. The molecule has 3 rings (SSSR count). The summed E-state index contributed by atoms with van der Waals surface area (Å²) >= 11 is 0. The van der Waals surface area contributed by atoms with E-state index in [2.05, 4.69) is 19.9 Å². The molecule has 15 nitrogen and oxygen atoms in total. The molecule has 0 radical (unpaired) electrons. The van der Waals surface area contributed by atoms with Crippen molar-refractivity contribution in [2.75, 3.05) is 6.54 Å². The fraction of sp³-hybridized carbons (Fsp3) is 0.200. The minimum atomic E-state index is -4.35. The molecule has 0 bridgehead atoms. The fourth-order valence-corrected chi connectivity index (χ4v) is 3.67. The molecule has 1 aromatic carbocycles. The van der Waals surface area contributed by atoms with Crippen molar-refractivity contribution in [3.63, 3.8) is 0 Å². The average Bonchev–Trinajstić information content (AvgIpc) is 3.23. The summed E-state index contributed by atoms with van der Waals surface area (Å²) in [5, 5.41) is 30.2. The van der Waals surface area contributed by atoms with Gasteiger partial charge in [0, 0.05) is 24.7 Å². The van der Waals surface area contributed by atoms with E-state index in [4.69, 9.17) is 0 Å². The summed E-state index contributed by atoms with van der Waals surface area (Å²) in [6.07, 6.45) is 2.63. The van der Waals surface area contributed by atoms with E-state index < -0.39 is 41.7 Å². The highest BCUT2D eigenvalue weighted by atomic mass is 32.2. The molecule has 0 amide bonds. The zero-order chi connectivity index (χ0) is 22.8. The van der Waals surface area contributed by atoms with Gasteiger partial charge in [-0.3, -0.25) is 25.0 Å². The van der Waals surface area contributed by atoms with Crippen molar-refractivity contribution < 1.29 is 18.3 Å². The molecule has 0 aliphatic carbocycles. The van der Waals surface area contributed by atoms with E-state index in [-0.39, 0.29) is 24.5 Å². The van der Waals surface area contributed by atoms with Crippen LogP contribution in [0.15, 0.2) is 46.6 Å². The van der Waals surface area contributed by atoms with Gasteiger partial charge in [0.05, 0.1) is 21.3 Å². The van der Waals surface area contributed by atoms with Crippen molar-refractivity contribution >= 4 is 21.4 Å². The molecule has 0 atom stereocenters. The molecular formula is C15H14N8O7S. The standard InChI is InChI=1S/C15H14N8O7S/c1-10-12(22(25)26)6-11(7-13(10)23(27)28)31(29,30)18-4-5-20-15(24)3-2-14(19-20)21-9-16-8-17-21/h2-3,6-9,18H,4-5H2,1H3. The van der Waals surface area contributed by atoms with Crippen molar-refractivity contribution in [3.05, 3.63) is 73.1 Å². The average molecular weight is 450 g/mol. The normalized spacial score (nSPS) is 11.4. The fourth-order valence-electron chi connectivity index (χ4n) is 2.61. The van der Waals surface area contributed by atoms with Gasteiger partial charge in [-0.25, -0.2) is 27.5 Å². The van der Waals surface area contributed by atoms with Crippen LogP contribution in [0.2, 0.25) is 0 Å². The number of aromatic nitrogens is 5. The summed E-state index contributed by atoms with van der Waals surface area (Å²) in [4.78, 5) is 35.6. The van der Waals surface area contributed by atoms with Crippen LogP contribution in [0.25, 0.3) is 5.82 Å². The van der Waals surface area contributed by atoms with Crippen LogP contribution in [0.3, 0.4) is 0 Å². The lowest BCUT2D eigenvalue weighted by Crippen LogP contribution is -2.32. The van der Waals surface area contributed by atoms with Gasteiger partial charge in [-0.15, -0.1) is 5.10 Å². The molecule has 1 N–H and O–H groups in total. The van der Waals surface area contributed by atoms with Crippen molar-refractivity contribution in [3.8, 4) is 5.82 Å². The molecular weight excluding hydrogens is 436 g/mol. The Labute approximate surface area is 173 Å². The molecule has 0 aliphatic heterocycles. The van der Waals surface area contributed by atoms with Crippen LogP contribution >= 0.6 is 0 Å². The van der Waals surface area contributed by atoms with Gasteiger partial charge < -0.3 is 0 Å². The lowest BCUT2D eigenvalue weighted by Gasteiger charge is -2.09. The third-order valence-electron chi connectivity index (χ3n) is 4.15. The molecule has 2 aromatic heterocycles. The number of benzene rings is 1. The van der Waals surface area contributed by atoms with Crippen LogP contribution in [0.1, 0.15) is 5.56 Å². The maximum Gasteiger partial charge on any atom is 0.280 e. The van der Waals surface area contributed by atoms with Crippen molar-refractivity contribution in [2.45, 2.75) is 18.4 Å². The van der Waals surface area contributed by atoms with Gasteiger partial charge in [0.25, 0.3) is 16.9 Å². The molecule has 0 saturated heterocycles. The number of hydrogen-bond donors (Lipinski definition) is 1. The van der Waals surface area contributed by atoms with Gasteiger partial charge in [-0.05, 0) is 13.0 Å². The lowest BCUT2D eigenvalue weighted by molar-refractivity contribution is -0.395. The number of nitro groups is 2. The SMILES string of the molecule is Cc1c([N+](=O)[O-])cc(S(=O)(=O)NCCn2nc(-n3cncn3)ccc2=O)cc1[N+](=O)[O-]. The maximum atomic E-state index is 12.5. The first-order chi connectivity index (χ1) is 14.6. The second-order valence-electron chi connectivity index (χ2n) is 6.09. The number of sulfonamides is 1. The van der Waals surface area contributed by atoms with Gasteiger partial charge in [-0.2, -0.15) is 5.10 Å². The highest BCUT2D eigenvalue weighted by Gasteiger charge is 2.27. The molecule has 0 saturated carbocycles. The molecule has 162 valence electrons. The van der Waals surface area contributed by atoms with E-state index >= 15 is 0 Å². The molecule has 2 heterocycles. The zero-order valence-electron chi connectivity index (χ0n) is 15.8. The number of hydrogen-bond acceptors (Lipinski definition) is 10. The van der Waals surface area contributed by atoms with Gasteiger partial charge in [0.2, 0.25) is 10.0 Å². The van der Waals surface area contributed by atoms with Crippen LogP contribution in [-0.2, 0) is 16.6 Å². The van der Waals surface area contributed by atoms with E-state index in [1.165, 1.54) is 29.5 Å². The molecule has 31 heavy (non-hydrogen) atoms. The van der Waals surface area contributed by atoms with Crippen LogP contribution in [0.5, 0.6) is 0 Å². The maximum absolute atomic E-state index is 12.5.